The van der Waals surface area contributed by atoms with E-state index in [0.29, 0.717) is 5.02 Å². The minimum Gasteiger partial charge on any atom is -0.454 e. The van der Waals surface area contributed by atoms with Crippen molar-refractivity contribution in [1.29, 1.82) is 0 Å². The molecule has 0 aromatic heterocycles. The lowest BCUT2D eigenvalue weighted by Gasteiger charge is -2.09. The van der Waals surface area contributed by atoms with Crippen molar-refractivity contribution in [3.63, 3.8) is 0 Å². The number of hydrogen-bond acceptors (Lipinski definition) is 5. The molecule has 2 aromatic carbocycles. The fourth-order valence-corrected chi connectivity index (χ4v) is 2.98. The van der Waals surface area contributed by atoms with Crippen LogP contribution in [0, 0.1) is 0 Å². The number of ketones is 1. The van der Waals surface area contributed by atoms with Gasteiger partial charge in [-0.2, -0.15) is 0 Å². The summed E-state index contributed by atoms with van der Waals surface area (Å²) in [6, 6.07) is 8.36. The number of benzene rings is 2. The molecule has 2 amide bonds. The van der Waals surface area contributed by atoms with Crippen molar-refractivity contribution >= 4 is 46.8 Å². The first kappa shape index (κ1) is 19.8. The Kier molecular flexibility index (Phi) is 5.63. The first-order chi connectivity index (χ1) is 13.3. The number of nitrogens with zero attached hydrogens (tertiary/aromatic N) is 1. The number of halogens is 2. The molecule has 0 fully saturated rings. The second-order valence-electron chi connectivity index (χ2n) is 5.90. The standard InChI is InChI=1S/C20H13Cl2NO5/c1-2-7-23-18(25)13-5-3-12(8-14(13)19(23)26)20(27)28-10-17(24)11-4-6-15(21)16(22)9-11/h2-6,8-9H,1,7,10H2. The van der Waals surface area contributed by atoms with Gasteiger partial charge in [0.25, 0.3) is 11.8 Å². The minimum atomic E-state index is -0.793. The number of Topliss-reactive ketones (excluding diaryl/α,β-unsaturated/α-hetero) is 1. The Bertz CT molecular complexity index is 1030. The molecule has 3 rings (SSSR count). The van der Waals surface area contributed by atoms with Crippen LogP contribution in [0.25, 0.3) is 0 Å². The molecule has 0 aliphatic carbocycles. The van der Waals surface area contributed by atoms with Gasteiger partial charge in [-0.05, 0) is 36.4 Å². The highest BCUT2D eigenvalue weighted by atomic mass is 35.5. The van der Waals surface area contributed by atoms with E-state index in [4.69, 9.17) is 27.9 Å². The van der Waals surface area contributed by atoms with E-state index in [9.17, 15) is 19.2 Å². The van der Waals surface area contributed by atoms with E-state index >= 15 is 0 Å². The quantitative estimate of drug-likeness (QED) is 0.309. The highest BCUT2D eigenvalue weighted by Gasteiger charge is 2.35. The molecule has 2 aromatic rings. The van der Waals surface area contributed by atoms with Gasteiger partial charge >= 0.3 is 5.97 Å². The van der Waals surface area contributed by atoms with Gasteiger partial charge in [0.05, 0.1) is 26.7 Å². The summed E-state index contributed by atoms with van der Waals surface area (Å²) in [4.78, 5) is 49.9. The summed E-state index contributed by atoms with van der Waals surface area (Å²) in [5, 5.41) is 0.516. The fraction of sp³-hybridized carbons (Fsp3) is 0.100. The molecule has 1 aliphatic rings. The molecule has 1 aliphatic heterocycles. The number of ether oxygens (including phenoxy) is 1. The molecule has 0 radical (unpaired) electrons. The number of carbonyl (C=O) groups excluding carboxylic acids is 4. The van der Waals surface area contributed by atoms with E-state index in [1.165, 1.54) is 42.5 Å². The van der Waals surface area contributed by atoms with Gasteiger partial charge in [-0.3, -0.25) is 19.3 Å². The number of amides is 2. The summed E-state index contributed by atoms with van der Waals surface area (Å²) in [6.07, 6.45) is 1.44. The normalized spacial score (nSPS) is 12.7. The van der Waals surface area contributed by atoms with Crippen LogP contribution in [-0.2, 0) is 4.74 Å². The molecule has 0 bridgehead atoms. The first-order valence-corrected chi connectivity index (χ1v) is 8.85. The molecule has 0 saturated carbocycles. The van der Waals surface area contributed by atoms with Gasteiger partial charge in [-0.15, -0.1) is 6.58 Å². The summed E-state index contributed by atoms with van der Waals surface area (Å²) >= 11 is 11.7. The lowest BCUT2D eigenvalue weighted by Crippen LogP contribution is -2.29. The van der Waals surface area contributed by atoms with Gasteiger partial charge in [0.1, 0.15) is 0 Å². The zero-order valence-electron chi connectivity index (χ0n) is 14.4. The number of rotatable bonds is 6. The lowest BCUT2D eigenvalue weighted by atomic mass is 10.1. The molecule has 0 atom stereocenters. The highest BCUT2D eigenvalue weighted by molar-refractivity contribution is 6.42. The van der Waals surface area contributed by atoms with E-state index in [0.717, 1.165) is 4.90 Å². The average molecular weight is 418 g/mol. The largest absolute Gasteiger partial charge is 0.454 e. The lowest BCUT2D eigenvalue weighted by molar-refractivity contribution is 0.0474. The number of imide groups is 1. The Morgan fingerprint density at radius 2 is 1.64 bits per heavy atom. The Balaban J connectivity index is 1.72. The van der Waals surface area contributed by atoms with Crippen molar-refractivity contribution in [3.8, 4) is 0 Å². The molecular weight excluding hydrogens is 405 g/mol. The summed E-state index contributed by atoms with van der Waals surface area (Å²) in [6.45, 7) is 3.07. The van der Waals surface area contributed by atoms with Crippen molar-refractivity contribution < 1.29 is 23.9 Å². The maximum absolute atomic E-state index is 12.3. The summed E-state index contributed by atoms with van der Waals surface area (Å²) in [5.41, 5.74) is 0.617. The predicted molar refractivity (Wildman–Crippen MR) is 103 cm³/mol. The second kappa shape index (κ2) is 7.96. The van der Waals surface area contributed by atoms with Crippen LogP contribution in [0.15, 0.2) is 49.1 Å². The summed E-state index contributed by atoms with van der Waals surface area (Å²) in [7, 11) is 0. The van der Waals surface area contributed by atoms with Crippen molar-refractivity contribution in [2.75, 3.05) is 13.2 Å². The Morgan fingerprint density at radius 1 is 0.964 bits per heavy atom. The molecule has 142 valence electrons. The Morgan fingerprint density at radius 3 is 2.32 bits per heavy atom. The van der Waals surface area contributed by atoms with E-state index in [1.807, 2.05) is 0 Å². The number of fused-ring (bicyclic) bond motifs is 1. The molecule has 0 N–H and O–H groups in total. The van der Waals surface area contributed by atoms with Gasteiger partial charge in [-0.25, -0.2) is 4.79 Å². The van der Waals surface area contributed by atoms with Crippen LogP contribution >= 0.6 is 23.2 Å². The number of carbonyl (C=O) groups is 4. The van der Waals surface area contributed by atoms with E-state index in [-0.39, 0.29) is 33.8 Å². The van der Waals surface area contributed by atoms with Crippen LogP contribution in [0.1, 0.15) is 41.4 Å². The van der Waals surface area contributed by atoms with Gasteiger partial charge in [0.2, 0.25) is 0 Å². The van der Waals surface area contributed by atoms with Crippen molar-refractivity contribution in [1.82, 2.24) is 4.90 Å². The number of hydrogen-bond donors (Lipinski definition) is 0. The Labute approximate surface area is 170 Å². The molecule has 28 heavy (non-hydrogen) atoms. The molecule has 6 nitrogen and oxygen atoms in total. The van der Waals surface area contributed by atoms with E-state index in [2.05, 4.69) is 6.58 Å². The average Bonchev–Trinajstić information content (AvgIpc) is 2.92. The third kappa shape index (κ3) is 3.69. The third-order valence-electron chi connectivity index (χ3n) is 4.09. The van der Waals surface area contributed by atoms with Crippen molar-refractivity contribution in [2.24, 2.45) is 0 Å². The smallest absolute Gasteiger partial charge is 0.338 e. The van der Waals surface area contributed by atoms with Crippen molar-refractivity contribution in [3.05, 3.63) is 81.4 Å². The van der Waals surface area contributed by atoms with Crippen LogP contribution in [0.4, 0.5) is 0 Å². The molecule has 0 unspecified atom stereocenters. The SMILES string of the molecule is C=CCN1C(=O)c2ccc(C(=O)OCC(=O)c3ccc(Cl)c(Cl)c3)cc2C1=O. The van der Waals surface area contributed by atoms with Crippen LogP contribution in [-0.4, -0.2) is 41.6 Å². The maximum Gasteiger partial charge on any atom is 0.338 e. The molecule has 1 heterocycles. The van der Waals surface area contributed by atoms with E-state index < -0.39 is 30.2 Å². The maximum atomic E-state index is 12.3. The van der Waals surface area contributed by atoms with Gasteiger partial charge < -0.3 is 4.74 Å². The molecule has 8 heteroatoms. The zero-order chi connectivity index (χ0) is 20.4. The molecule has 0 spiro atoms. The first-order valence-electron chi connectivity index (χ1n) is 8.10. The van der Waals surface area contributed by atoms with Crippen LogP contribution in [0.3, 0.4) is 0 Å². The molecule has 0 saturated heterocycles. The van der Waals surface area contributed by atoms with Gasteiger partial charge in [-0.1, -0.05) is 29.3 Å². The predicted octanol–water partition coefficient (Wildman–Crippen LogP) is 3.82. The van der Waals surface area contributed by atoms with Crippen LogP contribution in [0.2, 0.25) is 10.0 Å². The van der Waals surface area contributed by atoms with Gasteiger partial charge in [0.15, 0.2) is 12.4 Å². The minimum absolute atomic E-state index is 0.0577. The number of esters is 1. The molecular formula is C20H13Cl2NO5. The van der Waals surface area contributed by atoms with Crippen molar-refractivity contribution in [2.45, 2.75) is 0 Å². The topological polar surface area (TPSA) is 80.8 Å². The van der Waals surface area contributed by atoms with E-state index in [1.54, 1.807) is 0 Å². The summed E-state index contributed by atoms with van der Waals surface area (Å²) < 4.78 is 5.02. The van der Waals surface area contributed by atoms with Crippen LogP contribution in [0.5, 0.6) is 0 Å². The van der Waals surface area contributed by atoms with Gasteiger partial charge in [0, 0.05) is 12.1 Å². The Hall–Kier alpha value is -2.96. The third-order valence-corrected chi connectivity index (χ3v) is 4.83. The summed E-state index contributed by atoms with van der Waals surface area (Å²) in [5.74, 6) is -2.22. The highest BCUT2D eigenvalue weighted by Crippen LogP contribution is 2.25. The second-order valence-corrected chi connectivity index (χ2v) is 6.71. The monoisotopic (exact) mass is 417 g/mol. The van der Waals surface area contributed by atoms with Crippen LogP contribution < -0.4 is 0 Å². The zero-order valence-corrected chi connectivity index (χ0v) is 15.9. The fourth-order valence-electron chi connectivity index (χ4n) is 2.68.